The molecule has 1 saturated heterocycles. The van der Waals surface area contributed by atoms with E-state index >= 15 is 0 Å². The van der Waals surface area contributed by atoms with Crippen molar-refractivity contribution in [3.05, 3.63) is 54.1 Å². The molecule has 1 amide bonds. The van der Waals surface area contributed by atoms with Gasteiger partial charge in [-0.25, -0.2) is 8.42 Å². The minimum atomic E-state index is -4.41. The summed E-state index contributed by atoms with van der Waals surface area (Å²) in [5.41, 5.74) is 0.186. The smallest absolute Gasteiger partial charge is 0.416 e. The standard InChI is InChI=1S/C23H28F3N3O4S/c1-33-21-10-4-3-9-20(21)29(34(2,31)32)12-6-11-22(30)28-15-13-27(14-16-28)19-8-5-7-18(17-19)23(24,25)26/h3-5,7-10,17H,6,11-16H2,1-2H3. The number of nitrogens with zero attached hydrogens (tertiary/aromatic N) is 3. The lowest BCUT2D eigenvalue weighted by Crippen LogP contribution is -2.49. The van der Waals surface area contributed by atoms with Crippen molar-refractivity contribution in [2.45, 2.75) is 19.0 Å². The van der Waals surface area contributed by atoms with E-state index in [1.54, 1.807) is 35.2 Å². The van der Waals surface area contributed by atoms with Gasteiger partial charge in [-0.15, -0.1) is 0 Å². The number of para-hydroxylation sites is 2. The summed E-state index contributed by atoms with van der Waals surface area (Å²) < 4.78 is 70.1. The molecule has 0 unspecified atom stereocenters. The van der Waals surface area contributed by atoms with E-state index in [-0.39, 0.29) is 18.9 Å². The molecule has 11 heteroatoms. The lowest BCUT2D eigenvalue weighted by atomic mass is 10.1. The van der Waals surface area contributed by atoms with Crippen LogP contribution in [0.25, 0.3) is 0 Å². The first-order valence-corrected chi connectivity index (χ1v) is 12.7. The number of hydrogen-bond acceptors (Lipinski definition) is 5. The van der Waals surface area contributed by atoms with Crippen molar-refractivity contribution >= 4 is 27.3 Å². The van der Waals surface area contributed by atoms with Crippen molar-refractivity contribution in [2.75, 3.05) is 55.3 Å². The number of piperazine rings is 1. The van der Waals surface area contributed by atoms with Crippen LogP contribution in [0.5, 0.6) is 5.75 Å². The van der Waals surface area contributed by atoms with Crippen LogP contribution in [-0.4, -0.2) is 65.3 Å². The molecule has 0 aliphatic carbocycles. The summed E-state index contributed by atoms with van der Waals surface area (Å²) in [5, 5.41) is 0. The van der Waals surface area contributed by atoms with E-state index in [0.29, 0.717) is 49.7 Å². The Balaban J connectivity index is 1.55. The molecule has 0 aromatic heterocycles. The molecule has 3 rings (SSSR count). The first-order valence-electron chi connectivity index (χ1n) is 10.8. The molecular weight excluding hydrogens is 471 g/mol. The second-order valence-electron chi connectivity index (χ2n) is 8.03. The number of sulfonamides is 1. The van der Waals surface area contributed by atoms with Crippen molar-refractivity contribution in [3.8, 4) is 5.75 Å². The van der Waals surface area contributed by atoms with Gasteiger partial charge in [-0.2, -0.15) is 13.2 Å². The topological polar surface area (TPSA) is 70.2 Å². The number of rotatable bonds is 8. The molecule has 0 N–H and O–H groups in total. The summed E-state index contributed by atoms with van der Waals surface area (Å²) in [6.45, 7) is 1.73. The van der Waals surface area contributed by atoms with Gasteiger partial charge in [0.15, 0.2) is 0 Å². The van der Waals surface area contributed by atoms with Crippen LogP contribution in [0, 0.1) is 0 Å². The molecule has 1 aliphatic rings. The fourth-order valence-electron chi connectivity index (χ4n) is 3.93. The number of ether oxygens (including phenoxy) is 1. The summed E-state index contributed by atoms with van der Waals surface area (Å²) in [6.07, 6.45) is -2.83. The summed E-state index contributed by atoms with van der Waals surface area (Å²) in [5.74, 6) is 0.308. The van der Waals surface area contributed by atoms with Crippen LogP contribution in [-0.2, 0) is 21.0 Å². The minimum absolute atomic E-state index is 0.114. The summed E-state index contributed by atoms with van der Waals surface area (Å²) in [7, 11) is -2.12. The summed E-state index contributed by atoms with van der Waals surface area (Å²) in [6, 6.07) is 11.9. The predicted molar refractivity (Wildman–Crippen MR) is 125 cm³/mol. The molecule has 1 fully saturated rings. The number of halogens is 3. The van der Waals surface area contributed by atoms with Gasteiger partial charge in [0, 0.05) is 44.8 Å². The molecule has 34 heavy (non-hydrogen) atoms. The predicted octanol–water partition coefficient (Wildman–Crippen LogP) is 3.61. The molecule has 0 bridgehead atoms. The van der Waals surface area contributed by atoms with E-state index in [4.69, 9.17) is 4.74 Å². The van der Waals surface area contributed by atoms with Crippen molar-refractivity contribution in [2.24, 2.45) is 0 Å². The third-order valence-corrected chi connectivity index (χ3v) is 6.86. The van der Waals surface area contributed by atoms with E-state index < -0.39 is 21.8 Å². The third-order valence-electron chi connectivity index (χ3n) is 5.68. The minimum Gasteiger partial charge on any atom is -0.495 e. The Bertz CT molecular complexity index is 1100. The molecule has 7 nitrogen and oxygen atoms in total. The fourth-order valence-corrected chi connectivity index (χ4v) is 4.89. The van der Waals surface area contributed by atoms with Crippen LogP contribution < -0.4 is 13.9 Å². The first kappa shape index (κ1) is 25.7. The zero-order valence-electron chi connectivity index (χ0n) is 19.1. The molecule has 2 aromatic carbocycles. The number of carbonyl (C=O) groups is 1. The normalized spacial score (nSPS) is 14.7. The van der Waals surface area contributed by atoms with E-state index in [9.17, 15) is 26.4 Å². The molecule has 2 aromatic rings. The highest BCUT2D eigenvalue weighted by molar-refractivity contribution is 7.92. The van der Waals surface area contributed by atoms with E-state index in [1.807, 2.05) is 4.90 Å². The zero-order chi connectivity index (χ0) is 24.9. The molecular formula is C23H28F3N3O4S. The van der Waals surface area contributed by atoms with E-state index in [1.165, 1.54) is 17.5 Å². The molecule has 0 saturated carbocycles. The Morgan fingerprint density at radius 1 is 1.06 bits per heavy atom. The number of anilines is 2. The van der Waals surface area contributed by atoms with Crippen molar-refractivity contribution in [3.63, 3.8) is 0 Å². The molecule has 1 aliphatic heterocycles. The average molecular weight is 500 g/mol. The average Bonchev–Trinajstić information content (AvgIpc) is 2.80. The molecule has 1 heterocycles. The fraction of sp³-hybridized carbons (Fsp3) is 0.435. The second kappa shape index (κ2) is 10.5. The van der Waals surface area contributed by atoms with Gasteiger partial charge in [0.1, 0.15) is 5.75 Å². The van der Waals surface area contributed by atoms with Gasteiger partial charge in [0.2, 0.25) is 15.9 Å². The molecule has 186 valence electrons. The number of carbonyl (C=O) groups excluding carboxylic acids is 1. The van der Waals surface area contributed by atoms with Gasteiger partial charge in [-0.1, -0.05) is 18.2 Å². The number of amides is 1. The van der Waals surface area contributed by atoms with Crippen LogP contribution in [0.15, 0.2) is 48.5 Å². The Kier molecular flexibility index (Phi) is 7.96. The summed E-state index contributed by atoms with van der Waals surface area (Å²) >= 11 is 0. The van der Waals surface area contributed by atoms with Gasteiger partial charge >= 0.3 is 6.18 Å². The maximum absolute atomic E-state index is 13.0. The third kappa shape index (κ3) is 6.34. The van der Waals surface area contributed by atoms with Gasteiger partial charge in [-0.05, 0) is 36.8 Å². The lowest BCUT2D eigenvalue weighted by molar-refractivity contribution is -0.137. The zero-order valence-corrected chi connectivity index (χ0v) is 19.9. The first-order chi connectivity index (χ1) is 16.0. The Labute approximate surface area is 197 Å². The summed E-state index contributed by atoms with van der Waals surface area (Å²) in [4.78, 5) is 16.2. The Hall–Kier alpha value is -2.95. The molecule has 0 atom stereocenters. The second-order valence-corrected chi connectivity index (χ2v) is 9.93. The Morgan fingerprint density at radius 3 is 2.35 bits per heavy atom. The van der Waals surface area contributed by atoms with E-state index in [2.05, 4.69) is 0 Å². The number of methoxy groups -OCH3 is 1. The monoisotopic (exact) mass is 499 g/mol. The maximum Gasteiger partial charge on any atom is 0.416 e. The van der Waals surface area contributed by atoms with Crippen LogP contribution >= 0.6 is 0 Å². The van der Waals surface area contributed by atoms with E-state index in [0.717, 1.165) is 18.4 Å². The highest BCUT2D eigenvalue weighted by Crippen LogP contribution is 2.32. The Morgan fingerprint density at radius 2 is 1.74 bits per heavy atom. The van der Waals surface area contributed by atoms with Gasteiger partial charge in [0.05, 0.1) is 24.6 Å². The maximum atomic E-state index is 13.0. The van der Waals surface area contributed by atoms with Gasteiger partial charge in [-0.3, -0.25) is 9.10 Å². The van der Waals surface area contributed by atoms with Gasteiger partial charge in [0.25, 0.3) is 0 Å². The highest BCUT2D eigenvalue weighted by atomic mass is 32.2. The van der Waals surface area contributed by atoms with Crippen molar-refractivity contribution in [1.29, 1.82) is 0 Å². The molecule has 0 radical (unpaired) electrons. The lowest BCUT2D eigenvalue weighted by Gasteiger charge is -2.36. The quantitative estimate of drug-likeness (QED) is 0.555. The number of alkyl halides is 3. The molecule has 0 spiro atoms. The van der Waals surface area contributed by atoms with Crippen LogP contribution in [0.4, 0.5) is 24.5 Å². The highest BCUT2D eigenvalue weighted by Gasteiger charge is 2.31. The van der Waals surface area contributed by atoms with Crippen molar-refractivity contribution in [1.82, 2.24) is 4.90 Å². The SMILES string of the molecule is COc1ccccc1N(CCCC(=O)N1CCN(c2cccc(C(F)(F)F)c2)CC1)S(C)(=O)=O. The number of benzene rings is 2. The largest absolute Gasteiger partial charge is 0.495 e. The van der Waals surface area contributed by atoms with Crippen molar-refractivity contribution < 1.29 is 31.1 Å². The van der Waals surface area contributed by atoms with Crippen LogP contribution in [0.1, 0.15) is 18.4 Å². The van der Waals surface area contributed by atoms with Crippen LogP contribution in [0.3, 0.4) is 0 Å². The van der Waals surface area contributed by atoms with Gasteiger partial charge < -0.3 is 14.5 Å². The number of hydrogen-bond donors (Lipinski definition) is 0. The van der Waals surface area contributed by atoms with Crippen LogP contribution in [0.2, 0.25) is 0 Å².